The van der Waals surface area contributed by atoms with E-state index in [1.54, 1.807) is 0 Å². The zero-order chi connectivity index (χ0) is 18.5. The Morgan fingerprint density at radius 1 is 0.600 bits per heavy atom. The summed E-state index contributed by atoms with van der Waals surface area (Å²) >= 11 is 0. The van der Waals surface area contributed by atoms with Crippen LogP contribution in [0.15, 0.2) is 36.4 Å². The maximum Gasteiger partial charge on any atom is 1.00 e. The van der Waals surface area contributed by atoms with Crippen molar-refractivity contribution >= 4 is 10.1 Å². The van der Waals surface area contributed by atoms with Gasteiger partial charge in [-0.25, -0.2) is 8.42 Å². The Morgan fingerprint density at radius 3 is 0.920 bits per heavy atom. The second-order valence-electron chi connectivity index (χ2n) is 6.04. The molecule has 0 atom stereocenters. The van der Waals surface area contributed by atoms with E-state index >= 15 is 0 Å². The van der Waals surface area contributed by atoms with Gasteiger partial charge in [0.25, 0.3) is 0 Å². The fourth-order valence-corrected chi connectivity index (χ4v) is 2.12. The van der Waals surface area contributed by atoms with Gasteiger partial charge in [0.1, 0.15) is 0 Å². The summed E-state index contributed by atoms with van der Waals surface area (Å²) in [4.78, 5) is 0. The van der Waals surface area contributed by atoms with Gasteiger partial charge >= 0.3 is 29.6 Å². The second kappa shape index (κ2) is 24.1. The van der Waals surface area contributed by atoms with Crippen molar-refractivity contribution in [3.8, 4) is 0 Å². The summed E-state index contributed by atoms with van der Waals surface area (Å²) in [6.07, 6.45) is 16.5. The molecule has 0 aromatic heterocycles. The van der Waals surface area contributed by atoms with Gasteiger partial charge < -0.3 is 4.55 Å². The summed E-state index contributed by atoms with van der Waals surface area (Å²) < 4.78 is 27.2. The molecule has 0 aliphatic rings. The number of rotatable bonds is 10. The first-order valence-electron chi connectivity index (χ1n) is 9.32. The second-order valence-corrected chi connectivity index (χ2v) is 7.45. The Morgan fingerprint density at radius 2 is 0.760 bits per heavy atom. The predicted molar refractivity (Wildman–Crippen MR) is 104 cm³/mol. The molecule has 0 aliphatic carbocycles. The third-order valence-corrected chi connectivity index (χ3v) is 3.37. The fourth-order valence-electron chi connectivity index (χ4n) is 2.12. The summed E-state index contributed by atoms with van der Waals surface area (Å²) in [6, 6.07) is 12.0. The first-order valence-corrected chi connectivity index (χ1v) is 11.1. The molecule has 0 saturated carbocycles. The van der Waals surface area contributed by atoms with Crippen molar-refractivity contribution in [2.24, 2.45) is 0 Å². The van der Waals surface area contributed by atoms with Crippen molar-refractivity contribution in [2.45, 2.75) is 84.5 Å². The van der Waals surface area contributed by atoms with Crippen LogP contribution in [0.3, 0.4) is 0 Å². The summed E-state index contributed by atoms with van der Waals surface area (Å²) in [5.74, 6) is 0. The zero-order valence-corrected chi connectivity index (χ0v) is 19.7. The Hall–Kier alpha value is 0.130. The average Bonchev–Trinajstić information content (AvgIpc) is 2.54. The van der Waals surface area contributed by atoms with E-state index in [4.69, 9.17) is 13.0 Å². The molecule has 142 valence electrons. The molecule has 0 heterocycles. The minimum atomic E-state index is -3.92. The Balaban J connectivity index is -0.000000333. The van der Waals surface area contributed by atoms with Crippen LogP contribution >= 0.6 is 0 Å². The quantitative estimate of drug-likeness (QED) is 0.356. The molecule has 0 spiro atoms. The van der Waals surface area contributed by atoms with Crippen LogP contribution in [0.5, 0.6) is 0 Å². The van der Waals surface area contributed by atoms with E-state index < -0.39 is 10.1 Å². The standard InChI is InChI=1S/C13H28.C6H6.CH4O3S.Na/c1-3-5-7-9-11-13-12-10-8-6-4-2;1-2-4-6-5-3-1;1-5(2,3)4;/h3-13H2,1-2H3;1-6H;1H3,(H,2,3,4);/q;;;+1/p-1. The van der Waals surface area contributed by atoms with Gasteiger partial charge in [-0.05, 0) is 0 Å². The van der Waals surface area contributed by atoms with Crippen LogP contribution in [-0.2, 0) is 10.1 Å². The molecule has 0 N–H and O–H groups in total. The van der Waals surface area contributed by atoms with Gasteiger partial charge in [-0.3, -0.25) is 0 Å². The molecule has 0 saturated heterocycles. The predicted octanol–water partition coefficient (Wildman–Crippen LogP) is 3.17. The molecular formula is C20H37NaO3S. The summed E-state index contributed by atoms with van der Waals surface area (Å²) in [6.45, 7) is 4.56. The van der Waals surface area contributed by atoms with Crippen LogP contribution in [0.25, 0.3) is 0 Å². The molecule has 0 amide bonds. The van der Waals surface area contributed by atoms with Gasteiger partial charge in [0, 0.05) is 6.26 Å². The maximum absolute atomic E-state index is 9.08. The SMILES string of the molecule is CCCCCCCCCCCCC.CS(=O)(=O)[O-].[Na+].c1ccccc1. The van der Waals surface area contributed by atoms with Crippen LogP contribution in [0.2, 0.25) is 0 Å². The first-order chi connectivity index (χ1) is 11.4. The van der Waals surface area contributed by atoms with Crippen LogP contribution in [0, 0.1) is 0 Å². The van der Waals surface area contributed by atoms with E-state index in [9.17, 15) is 0 Å². The van der Waals surface area contributed by atoms with Crippen molar-refractivity contribution in [1.82, 2.24) is 0 Å². The molecule has 0 fully saturated rings. The molecule has 3 nitrogen and oxygen atoms in total. The van der Waals surface area contributed by atoms with Gasteiger partial charge in [-0.15, -0.1) is 0 Å². The molecule has 0 bridgehead atoms. The summed E-state index contributed by atoms with van der Waals surface area (Å²) in [5, 5.41) is 0. The summed E-state index contributed by atoms with van der Waals surface area (Å²) in [7, 11) is -3.92. The zero-order valence-electron chi connectivity index (χ0n) is 16.9. The molecule has 1 rings (SSSR count). The average molecular weight is 381 g/mol. The van der Waals surface area contributed by atoms with Crippen LogP contribution in [0.1, 0.15) is 84.5 Å². The summed E-state index contributed by atoms with van der Waals surface area (Å²) in [5.41, 5.74) is 0. The molecule has 25 heavy (non-hydrogen) atoms. The molecule has 1 aromatic carbocycles. The third-order valence-electron chi connectivity index (χ3n) is 3.37. The topological polar surface area (TPSA) is 57.2 Å². The maximum atomic E-state index is 9.08. The molecule has 5 heteroatoms. The Labute approximate surface area is 179 Å². The Bertz CT molecular complexity index is 377. The van der Waals surface area contributed by atoms with E-state index in [0.29, 0.717) is 6.26 Å². The minimum absolute atomic E-state index is 0. The fraction of sp³-hybridized carbons (Fsp3) is 0.700. The van der Waals surface area contributed by atoms with E-state index in [1.165, 1.54) is 70.6 Å². The van der Waals surface area contributed by atoms with E-state index in [0.717, 1.165) is 0 Å². The minimum Gasteiger partial charge on any atom is -0.748 e. The van der Waals surface area contributed by atoms with Crippen LogP contribution in [-0.4, -0.2) is 19.2 Å². The van der Waals surface area contributed by atoms with Crippen LogP contribution in [0.4, 0.5) is 0 Å². The van der Waals surface area contributed by atoms with Crippen molar-refractivity contribution in [3.05, 3.63) is 36.4 Å². The smallest absolute Gasteiger partial charge is 0.748 e. The molecule has 0 unspecified atom stereocenters. The first kappa shape index (κ1) is 29.9. The number of hydrogen-bond donors (Lipinski definition) is 0. The molecule has 0 radical (unpaired) electrons. The normalized spacial score (nSPS) is 9.76. The van der Waals surface area contributed by atoms with E-state index in [-0.39, 0.29) is 29.6 Å². The largest absolute Gasteiger partial charge is 1.00 e. The van der Waals surface area contributed by atoms with E-state index in [1.807, 2.05) is 36.4 Å². The number of hydrogen-bond acceptors (Lipinski definition) is 3. The van der Waals surface area contributed by atoms with Crippen molar-refractivity contribution in [2.75, 3.05) is 6.26 Å². The number of benzene rings is 1. The van der Waals surface area contributed by atoms with Crippen molar-refractivity contribution in [3.63, 3.8) is 0 Å². The van der Waals surface area contributed by atoms with Gasteiger partial charge in [-0.1, -0.05) is 121 Å². The molecular weight excluding hydrogens is 343 g/mol. The van der Waals surface area contributed by atoms with Gasteiger partial charge in [0.2, 0.25) is 0 Å². The third kappa shape index (κ3) is 45.4. The van der Waals surface area contributed by atoms with Gasteiger partial charge in [0.15, 0.2) is 0 Å². The molecule has 0 aliphatic heterocycles. The number of unbranched alkanes of at least 4 members (excludes halogenated alkanes) is 10. The van der Waals surface area contributed by atoms with Crippen molar-refractivity contribution in [1.29, 1.82) is 0 Å². The Kier molecular flexibility index (Phi) is 28.8. The van der Waals surface area contributed by atoms with Crippen molar-refractivity contribution < 1.29 is 42.5 Å². The molecule has 1 aromatic rings. The van der Waals surface area contributed by atoms with E-state index in [2.05, 4.69) is 13.8 Å². The monoisotopic (exact) mass is 380 g/mol. The van der Waals surface area contributed by atoms with Crippen LogP contribution < -0.4 is 29.6 Å². The van der Waals surface area contributed by atoms with Gasteiger partial charge in [0.05, 0.1) is 10.1 Å². The van der Waals surface area contributed by atoms with Gasteiger partial charge in [-0.2, -0.15) is 0 Å².